The van der Waals surface area contributed by atoms with E-state index in [4.69, 9.17) is 4.74 Å². The van der Waals surface area contributed by atoms with Gasteiger partial charge in [-0.2, -0.15) is 13.2 Å². The van der Waals surface area contributed by atoms with Gasteiger partial charge in [-0.1, -0.05) is 6.07 Å². The highest BCUT2D eigenvalue weighted by molar-refractivity contribution is 6.05. The number of nitrogens with one attached hydrogen (secondary N) is 1. The van der Waals surface area contributed by atoms with Crippen LogP contribution in [-0.4, -0.2) is 48.7 Å². The topological polar surface area (TPSA) is 99.8 Å². The van der Waals surface area contributed by atoms with E-state index in [0.717, 1.165) is 30.7 Å². The number of rotatable bonds is 7. The van der Waals surface area contributed by atoms with Gasteiger partial charge in [-0.05, 0) is 37.8 Å². The van der Waals surface area contributed by atoms with Crippen molar-refractivity contribution in [1.82, 2.24) is 29.5 Å². The molecule has 164 valence electrons. The Morgan fingerprint density at radius 2 is 2.13 bits per heavy atom. The number of hydrogen-bond acceptors (Lipinski definition) is 6. The number of pyridine rings is 1. The first-order chi connectivity index (χ1) is 14.8. The Bertz CT molecular complexity index is 1090. The lowest BCUT2D eigenvalue weighted by Gasteiger charge is -2.18. The summed E-state index contributed by atoms with van der Waals surface area (Å²) in [6, 6.07) is 2.74. The molecule has 1 aliphatic rings. The van der Waals surface area contributed by atoms with Crippen LogP contribution >= 0.6 is 0 Å². The fourth-order valence-electron chi connectivity index (χ4n) is 3.05. The Hall–Kier alpha value is -3.44. The summed E-state index contributed by atoms with van der Waals surface area (Å²) in [5.74, 6) is 0.349. The number of halogens is 3. The zero-order chi connectivity index (χ0) is 22.2. The zero-order valence-corrected chi connectivity index (χ0v) is 16.8. The highest BCUT2D eigenvalue weighted by Gasteiger charge is 2.38. The Morgan fingerprint density at radius 3 is 2.81 bits per heavy atom. The van der Waals surface area contributed by atoms with Crippen LogP contribution in [0.5, 0.6) is 5.88 Å². The molecule has 0 saturated heterocycles. The fraction of sp³-hybridized carbons (Fsp3) is 0.421. The molecule has 12 heteroatoms. The maximum Gasteiger partial charge on any atom is 0.408 e. The first-order valence-electron chi connectivity index (χ1n) is 9.62. The largest absolute Gasteiger partial charge is 0.479 e. The highest BCUT2D eigenvalue weighted by Crippen LogP contribution is 2.33. The van der Waals surface area contributed by atoms with E-state index in [9.17, 15) is 18.0 Å². The number of aromatic nitrogens is 6. The summed E-state index contributed by atoms with van der Waals surface area (Å²) in [5.41, 5.74) is 0.381. The lowest BCUT2D eigenvalue weighted by atomic mass is 10.2. The van der Waals surface area contributed by atoms with E-state index < -0.39 is 18.1 Å². The molecule has 0 radical (unpaired) electrons. The van der Waals surface area contributed by atoms with Gasteiger partial charge >= 0.3 is 6.18 Å². The highest BCUT2D eigenvalue weighted by atomic mass is 19.4. The minimum atomic E-state index is -4.47. The van der Waals surface area contributed by atoms with E-state index in [0.29, 0.717) is 12.5 Å². The summed E-state index contributed by atoms with van der Waals surface area (Å²) in [7, 11) is 1.42. The van der Waals surface area contributed by atoms with E-state index in [2.05, 4.69) is 25.6 Å². The van der Waals surface area contributed by atoms with Gasteiger partial charge in [-0.3, -0.25) is 9.48 Å². The van der Waals surface area contributed by atoms with E-state index in [1.807, 2.05) is 0 Å². The van der Waals surface area contributed by atoms with Crippen LogP contribution in [0.4, 0.5) is 19.0 Å². The minimum absolute atomic E-state index is 0.0595. The second-order valence-corrected chi connectivity index (χ2v) is 7.36. The number of hydrogen-bond donors (Lipinski definition) is 1. The molecule has 9 nitrogen and oxygen atoms in total. The number of amides is 1. The SMILES string of the molecule is COc1nn(CC2CC2)cc1C(=O)Nc1cccc(-c2nncn2[C@H](C)C(F)(F)F)n1. The van der Waals surface area contributed by atoms with Crippen molar-refractivity contribution >= 4 is 11.7 Å². The third kappa shape index (κ3) is 4.52. The summed E-state index contributed by atoms with van der Waals surface area (Å²) in [6.07, 6.45) is 0.410. The van der Waals surface area contributed by atoms with Crippen molar-refractivity contribution in [2.75, 3.05) is 12.4 Å². The summed E-state index contributed by atoms with van der Waals surface area (Å²) in [4.78, 5) is 17.0. The first kappa shape index (κ1) is 20.8. The summed E-state index contributed by atoms with van der Waals surface area (Å²) >= 11 is 0. The van der Waals surface area contributed by atoms with E-state index >= 15 is 0 Å². The number of carbonyl (C=O) groups is 1. The predicted octanol–water partition coefficient (Wildman–Crippen LogP) is 3.33. The fourth-order valence-corrected chi connectivity index (χ4v) is 3.05. The van der Waals surface area contributed by atoms with Crippen LogP contribution in [0.2, 0.25) is 0 Å². The molecule has 3 aromatic rings. The molecule has 1 amide bonds. The van der Waals surface area contributed by atoms with Crippen LogP contribution in [0.15, 0.2) is 30.7 Å². The number of alkyl halides is 3. The molecule has 4 rings (SSSR count). The molecule has 1 fully saturated rings. The van der Waals surface area contributed by atoms with Crippen LogP contribution in [0.3, 0.4) is 0 Å². The van der Waals surface area contributed by atoms with Gasteiger partial charge in [-0.25, -0.2) is 4.98 Å². The number of ether oxygens (including phenoxy) is 1. The summed E-state index contributed by atoms with van der Waals surface area (Å²) < 4.78 is 47.2. The van der Waals surface area contributed by atoms with Crippen LogP contribution in [0.1, 0.15) is 36.2 Å². The van der Waals surface area contributed by atoms with Gasteiger partial charge in [0, 0.05) is 12.7 Å². The average Bonchev–Trinajstić information content (AvgIpc) is 3.25. The van der Waals surface area contributed by atoms with Crippen molar-refractivity contribution < 1.29 is 22.7 Å². The number of nitrogens with zero attached hydrogens (tertiary/aromatic N) is 6. The second-order valence-electron chi connectivity index (χ2n) is 7.36. The Kier molecular flexibility index (Phi) is 5.38. The normalized spacial score (nSPS) is 15.0. The van der Waals surface area contributed by atoms with Crippen LogP contribution < -0.4 is 10.1 Å². The van der Waals surface area contributed by atoms with Crippen LogP contribution in [0.25, 0.3) is 11.5 Å². The quantitative estimate of drug-likeness (QED) is 0.611. The second kappa shape index (κ2) is 8.00. The molecule has 0 unspecified atom stereocenters. The molecule has 1 saturated carbocycles. The van der Waals surface area contributed by atoms with Crippen molar-refractivity contribution in [3.8, 4) is 17.4 Å². The zero-order valence-electron chi connectivity index (χ0n) is 16.8. The molecule has 31 heavy (non-hydrogen) atoms. The van der Waals surface area contributed by atoms with Gasteiger partial charge in [-0.15, -0.1) is 15.3 Å². The van der Waals surface area contributed by atoms with E-state index in [1.165, 1.54) is 19.2 Å². The van der Waals surface area contributed by atoms with Crippen molar-refractivity contribution in [2.45, 2.75) is 38.5 Å². The number of methoxy groups -OCH3 is 1. The number of carbonyl (C=O) groups excluding carboxylic acids is 1. The molecule has 0 spiro atoms. The van der Waals surface area contributed by atoms with E-state index in [1.54, 1.807) is 16.9 Å². The molecule has 0 bridgehead atoms. The maximum atomic E-state index is 13.1. The Balaban J connectivity index is 1.56. The first-order valence-corrected chi connectivity index (χ1v) is 9.62. The molecule has 3 heterocycles. The van der Waals surface area contributed by atoms with Gasteiger partial charge in [0.25, 0.3) is 5.91 Å². The lowest BCUT2D eigenvalue weighted by molar-refractivity contribution is -0.162. The number of anilines is 1. The molecule has 1 N–H and O–H groups in total. The molecule has 1 aliphatic carbocycles. The van der Waals surface area contributed by atoms with Crippen LogP contribution in [-0.2, 0) is 6.54 Å². The molecule has 0 aromatic carbocycles. The monoisotopic (exact) mass is 435 g/mol. The maximum absolute atomic E-state index is 13.1. The van der Waals surface area contributed by atoms with Crippen molar-refractivity contribution in [3.05, 3.63) is 36.3 Å². The molecule has 3 aromatic heterocycles. The minimum Gasteiger partial charge on any atom is -0.479 e. The molecule has 1 atom stereocenters. The summed E-state index contributed by atoms with van der Waals surface area (Å²) in [5, 5.41) is 14.3. The predicted molar refractivity (Wildman–Crippen MR) is 103 cm³/mol. The summed E-state index contributed by atoms with van der Waals surface area (Å²) in [6.45, 7) is 1.72. The standard InChI is InChI=1S/C19H20F3N7O2/c1-11(19(20,21)22)29-10-23-26-16(29)14-4-3-5-15(24-14)25-17(30)13-9-28(8-12-6-7-12)27-18(13)31-2/h3-5,9-12H,6-8H2,1-2H3,(H,24,25,30)/t11-/m1/s1. The van der Waals surface area contributed by atoms with E-state index in [-0.39, 0.29) is 28.8 Å². The van der Waals surface area contributed by atoms with Gasteiger partial charge in [0.05, 0.1) is 7.11 Å². The molecular formula is C19H20F3N7O2. The van der Waals surface area contributed by atoms with Crippen LogP contribution in [0, 0.1) is 5.92 Å². The third-order valence-corrected chi connectivity index (χ3v) is 4.99. The van der Waals surface area contributed by atoms with Crippen molar-refractivity contribution in [1.29, 1.82) is 0 Å². The lowest BCUT2D eigenvalue weighted by Crippen LogP contribution is -2.24. The van der Waals surface area contributed by atoms with Gasteiger partial charge in [0.1, 0.15) is 29.4 Å². The molecule has 0 aliphatic heterocycles. The Labute approximate surface area is 175 Å². The van der Waals surface area contributed by atoms with Gasteiger partial charge < -0.3 is 14.6 Å². The van der Waals surface area contributed by atoms with Gasteiger partial charge in [0.15, 0.2) is 5.82 Å². The average molecular weight is 435 g/mol. The van der Waals surface area contributed by atoms with Crippen molar-refractivity contribution in [3.63, 3.8) is 0 Å². The van der Waals surface area contributed by atoms with Gasteiger partial charge in [0.2, 0.25) is 5.88 Å². The third-order valence-electron chi connectivity index (χ3n) is 4.99. The smallest absolute Gasteiger partial charge is 0.408 e. The Morgan fingerprint density at radius 1 is 1.35 bits per heavy atom. The molecular weight excluding hydrogens is 415 g/mol. The van der Waals surface area contributed by atoms with Crippen molar-refractivity contribution in [2.24, 2.45) is 5.92 Å².